The van der Waals surface area contributed by atoms with Gasteiger partial charge in [0.1, 0.15) is 13.6 Å². The third-order valence-electron chi connectivity index (χ3n) is 2.54. The van der Waals surface area contributed by atoms with Gasteiger partial charge in [-0.15, -0.1) is 0 Å². The van der Waals surface area contributed by atoms with Crippen LogP contribution < -0.4 is 0 Å². The molecule has 0 atom stereocenters. The van der Waals surface area contributed by atoms with Gasteiger partial charge in [0, 0.05) is 22.1 Å². The standard InChI is InChI=1S/C16H28I2O3/c17-11-7-3-1-5-9-13-19-15-21-16-20-14-10-6-2-4-8-12-18/h1-4H,5-16H2. The van der Waals surface area contributed by atoms with E-state index in [-0.39, 0.29) is 0 Å². The average molecular weight is 522 g/mol. The topological polar surface area (TPSA) is 27.7 Å². The highest BCUT2D eigenvalue weighted by atomic mass is 127. The van der Waals surface area contributed by atoms with Gasteiger partial charge in [-0.2, -0.15) is 0 Å². The van der Waals surface area contributed by atoms with Crippen LogP contribution in [0.3, 0.4) is 0 Å². The van der Waals surface area contributed by atoms with Crippen LogP contribution in [0.25, 0.3) is 0 Å². The largest absolute Gasteiger partial charge is 0.355 e. The molecule has 0 rings (SSSR count). The Morgan fingerprint density at radius 3 is 1.43 bits per heavy atom. The maximum atomic E-state index is 5.36. The van der Waals surface area contributed by atoms with Gasteiger partial charge in [0.05, 0.1) is 0 Å². The minimum Gasteiger partial charge on any atom is -0.355 e. The van der Waals surface area contributed by atoms with Crippen LogP contribution in [0.15, 0.2) is 24.3 Å². The number of allylic oxidation sites excluding steroid dienone is 4. The number of unbranched alkanes of at least 4 members (excludes halogenated alkanes) is 2. The van der Waals surface area contributed by atoms with E-state index in [1.54, 1.807) is 0 Å². The van der Waals surface area contributed by atoms with Crippen molar-refractivity contribution in [3.63, 3.8) is 0 Å². The van der Waals surface area contributed by atoms with E-state index < -0.39 is 0 Å². The van der Waals surface area contributed by atoms with Crippen LogP contribution in [0.4, 0.5) is 0 Å². The summed E-state index contributed by atoms with van der Waals surface area (Å²) in [6.45, 7) is 2.15. The molecule has 0 saturated carbocycles. The zero-order chi connectivity index (χ0) is 15.4. The maximum absolute atomic E-state index is 5.36. The Hall–Kier alpha value is 0.820. The summed E-state index contributed by atoms with van der Waals surface area (Å²) in [4.78, 5) is 0. The molecular weight excluding hydrogens is 494 g/mol. The van der Waals surface area contributed by atoms with E-state index in [1.165, 1.54) is 8.86 Å². The van der Waals surface area contributed by atoms with Crippen LogP contribution in [0.1, 0.15) is 38.5 Å². The molecular formula is C16H28I2O3. The fourth-order valence-electron chi connectivity index (χ4n) is 1.47. The summed E-state index contributed by atoms with van der Waals surface area (Å²) in [5, 5.41) is 0. The van der Waals surface area contributed by atoms with Crippen molar-refractivity contribution in [3.8, 4) is 0 Å². The zero-order valence-electron chi connectivity index (χ0n) is 12.8. The molecule has 0 saturated heterocycles. The van der Waals surface area contributed by atoms with E-state index >= 15 is 0 Å². The molecule has 0 N–H and O–H groups in total. The van der Waals surface area contributed by atoms with Gasteiger partial charge in [0.15, 0.2) is 0 Å². The van der Waals surface area contributed by atoms with Gasteiger partial charge in [-0.25, -0.2) is 0 Å². The van der Waals surface area contributed by atoms with E-state index in [2.05, 4.69) is 69.5 Å². The van der Waals surface area contributed by atoms with Crippen molar-refractivity contribution in [1.82, 2.24) is 0 Å². The molecule has 0 fully saturated rings. The molecule has 21 heavy (non-hydrogen) atoms. The Bertz CT molecular complexity index is 222. The summed E-state index contributed by atoms with van der Waals surface area (Å²) in [7, 11) is 0. The third kappa shape index (κ3) is 20.8. The predicted molar refractivity (Wildman–Crippen MR) is 106 cm³/mol. The van der Waals surface area contributed by atoms with Crippen molar-refractivity contribution in [1.29, 1.82) is 0 Å². The number of ether oxygens (including phenoxy) is 3. The molecule has 0 aliphatic heterocycles. The highest BCUT2D eigenvalue weighted by molar-refractivity contribution is 14.1. The number of rotatable bonds is 16. The summed E-state index contributed by atoms with van der Waals surface area (Å²) in [6.07, 6.45) is 15.5. The lowest BCUT2D eigenvalue weighted by Gasteiger charge is -2.06. The first-order chi connectivity index (χ1) is 10.4. The summed E-state index contributed by atoms with van der Waals surface area (Å²) in [6, 6.07) is 0. The van der Waals surface area contributed by atoms with Crippen LogP contribution in [-0.2, 0) is 14.2 Å². The second kappa shape index (κ2) is 20.8. The van der Waals surface area contributed by atoms with Gasteiger partial charge in [-0.05, 0) is 38.5 Å². The van der Waals surface area contributed by atoms with Crippen molar-refractivity contribution in [2.45, 2.75) is 38.5 Å². The van der Waals surface area contributed by atoms with E-state index in [0.717, 1.165) is 51.7 Å². The van der Waals surface area contributed by atoms with Crippen molar-refractivity contribution >= 4 is 45.2 Å². The molecule has 124 valence electrons. The maximum Gasteiger partial charge on any atom is 0.149 e. The first kappa shape index (κ1) is 21.8. The lowest BCUT2D eigenvalue weighted by atomic mass is 10.3. The lowest BCUT2D eigenvalue weighted by Crippen LogP contribution is -2.06. The Morgan fingerprint density at radius 1 is 0.571 bits per heavy atom. The molecule has 0 aromatic carbocycles. The minimum absolute atomic E-state index is 0.326. The molecule has 5 heteroatoms. The van der Waals surface area contributed by atoms with Gasteiger partial charge >= 0.3 is 0 Å². The molecule has 0 spiro atoms. The first-order valence-electron chi connectivity index (χ1n) is 7.57. The van der Waals surface area contributed by atoms with Crippen molar-refractivity contribution in [2.75, 3.05) is 35.7 Å². The highest BCUT2D eigenvalue weighted by Crippen LogP contribution is 1.97. The summed E-state index contributed by atoms with van der Waals surface area (Å²) in [5.41, 5.74) is 0. The predicted octanol–water partition coefficient (Wildman–Crippen LogP) is 5.27. The van der Waals surface area contributed by atoms with Crippen molar-refractivity contribution in [2.24, 2.45) is 0 Å². The van der Waals surface area contributed by atoms with Crippen LogP contribution >= 0.6 is 45.2 Å². The quantitative estimate of drug-likeness (QED) is 0.0909. The number of hydrogen-bond donors (Lipinski definition) is 0. The SMILES string of the molecule is ICCC=CCCCOCOCOCCCC=CCCI. The Morgan fingerprint density at radius 2 is 1.00 bits per heavy atom. The summed E-state index contributed by atoms with van der Waals surface area (Å²) in [5.74, 6) is 0. The van der Waals surface area contributed by atoms with E-state index in [9.17, 15) is 0 Å². The van der Waals surface area contributed by atoms with Crippen LogP contribution in [-0.4, -0.2) is 35.7 Å². The molecule has 0 aliphatic carbocycles. The van der Waals surface area contributed by atoms with Gasteiger partial charge in [-0.3, -0.25) is 0 Å². The fraction of sp³-hybridized carbons (Fsp3) is 0.750. The lowest BCUT2D eigenvalue weighted by molar-refractivity contribution is -0.131. The average Bonchev–Trinajstić information content (AvgIpc) is 2.50. The minimum atomic E-state index is 0.326. The normalized spacial score (nSPS) is 11.9. The van der Waals surface area contributed by atoms with Crippen LogP contribution in [0.2, 0.25) is 0 Å². The van der Waals surface area contributed by atoms with Crippen molar-refractivity contribution in [3.05, 3.63) is 24.3 Å². The molecule has 0 amide bonds. The third-order valence-corrected chi connectivity index (χ3v) is 3.78. The van der Waals surface area contributed by atoms with Crippen LogP contribution in [0, 0.1) is 0 Å². The first-order valence-corrected chi connectivity index (χ1v) is 10.6. The summed E-state index contributed by atoms with van der Waals surface area (Å²) >= 11 is 4.76. The summed E-state index contributed by atoms with van der Waals surface area (Å²) < 4.78 is 18.3. The van der Waals surface area contributed by atoms with Crippen LogP contribution in [0.5, 0.6) is 0 Å². The molecule has 0 bridgehead atoms. The second-order valence-electron chi connectivity index (χ2n) is 4.44. The van der Waals surface area contributed by atoms with E-state index in [4.69, 9.17) is 14.2 Å². The van der Waals surface area contributed by atoms with E-state index in [1.807, 2.05) is 0 Å². The Labute approximate surface area is 157 Å². The number of alkyl halides is 2. The van der Waals surface area contributed by atoms with Gasteiger partial charge in [-0.1, -0.05) is 69.5 Å². The molecule has 0 aromatic rings. The molecule has 3 nitrogen and oxygen atoms in total. The number of halogens is 2. The molecule has 0 heterocycles. The van der Waals surface area contributed by atoms with Gasteiger partial charge in [0.2, 0.25) is 0 Å². The number of hydrogen-bond acceptors (Lipinski definition) is 3. The molecule has 0 aliphatic rings. The van der Waals surface area contributed by atoms with E-state index in [0.29, 0.717) is 13.6 Å². The highest BCUT2D eigenvalue weighted by Gasteiger charge is 1.90. The molecule has 0 unspecified atom stereocenters. The van der Waals surface area contributed by atoms with Crippen molar-refractivity contribution < 1.29 is 14.2 Å². The second-order valence-corrected chi connectivity index (χ2v) is 6.60. The smallest absolute Gasteiger partial charge is 0.149 e. The fourth-order valence-corrected chi connectivity index (χ4v) is 2.19. The molecule has 0 radical (unpaired) electrons. The zero-order valence-corrected chi connectivity index (χ0v) is 17.1. The van der Waals surface area contributed by atoms with Gasteiger partial charge < -0.3 is 14.2 Å². The Kier molecular flexibility index (Phi) is 21.6. The molecule has 0 aromatic heterocycles. The Balaban J connectivity index is 3.02. The monoisotopic (exact) mass is 522 g/mol. The van der Waals surface area contributed by atoms with Gasteiger partial charge in [0.25, 0.3) is 0 Å².